The number of aromatic nitrogens is 2. The molecule has 7 heteroatoms. The van der Waals surface area contributed by atoms with E-state index in [9.17, 15) is 4.79 Å². The van der Waals surface area contributed by atoms with Gasteiger partial charge in [-0.2, -0.15) is 5.10 Å². The van der Waals surface area contributed by atoms with Gasteiger partial charge in [0.15, 0.2) is 6.73 Å². The second-order valence-corrected chi connectivity index (χ2v) is 6.02. The molecule has 2 aromatic rings. The maximum atomic E-state index is 11.8. The molecule has 0 saturated carbocycles. The molecule has 0 radical (unpaired) electrons. The van der Waals surface area contributed by atoms with Crippen molar-refractivity contribution in [3.05, 3.63) is 45.7 Å². The Bertz CT molecular complexity index is 645. The van der Waals surface area contributed by atoms with Crippen molar-refractivity contribution < 1.29 is 9.53 Å². The molecule has 1 heterocycles. The van der Waals surface area contributed by atoms with Crippen molar-refractivity contribution >= 4 is 33.4 Å². The third-order valence-electron chi connectivity index (χ3n) is 2.94. The summed E-state index contributed by atoms with van der Waals surface area (Å²) in [6.45, 7) is 2.92. The van der Waals surface area contributed by atoms with Crippen molar-refractivity contribution in [2.75, 3.05) is 6.54 Å². The van der Waals surface area contributed by atoms with E-state index in [1.54, 1.807) is 29.1 Å². The van der Waals surface area contributed by atoms with Gasteiger partial charge in [0.05, 0.1) is 5.02 Å². The lowest BCUT2D eigenvalue weighted by Crippen LogP contribution is -2.25. The zero-order valence-corrected chi connectivity index (χ0v) is 14.5. The Morgan fingerprint density at radius 3 is 3.00 bits per heavy atom. The largest absolute Gasteiger partial charge is 0.470 e. The van der Waals surface area contributed by atoms with Crippen LogP contribution in [-0.4, -0.2) is 22.2 Å². The number of rotatable bonds is 7. The van der Waals surface area contributed by atoms with Gasteiger partial charge >= 0.3 is 0 Å². The molecule has 2 rings (SSSR count). The summed E-state index contributed by atoms with van der Waals surface area (Å²) < 4.78 is 8.02. The van der Waals surface area contributed by atoms with Crippen LogP contribution in [0.5, 0.6) is 5.75 Å². The fraction of sp³-hybridized carbons (Fsp3) is 0.333. The van der Waals surface area contributed by atoms with Gasteiger partial charge in [0.2, 0.25) is 0 Å². The first-order chi connectivity index (χ1) is 10.6. The number of ether oxygens (including phenoxy) is 1. The highest BCUT2D eigenvalue weighted by Gasteiger charge is 2.09. The molecule has 0 aliphatic rings. The van der Waals surface area contributed by atoms with Crippen molar-refractivity contribution in [3.63, 3.8) is 0 Å². The summed E-state index contributed by atoms with van der Waals surface area (Å²) in [5.41, 5.74) is 0.376. The Hall–Kier alpha value is -1.53. The monoisotopic (exact) mass is 385 g/mol. The summed E-state index contributed by atoms with van der Waals surface area (Å²) in [5.74, 6) is 0.392. The lowest BCUT2D eigenvalue weighted by Gasteiger charge is -2.08. The first-order valence-electron chi connectivity index (χ1n) is 6.99. The van der Waals surface area contributed by atoms with E-state index in [-0.39, 0.29) is 12.6 Å². The number of benzene rings is 1. The van der Waals surface area contributed by atoms with Crippen LogP contribution in [0.4, 0.5) is 0 Å². The van der Waals surface area contributed by atoms with Crippen molar-refractivity contribution in [1.29, 1.82) is 0 Å². The van der Waals surface area contributed by atoms with E-state index in [0.717, 1.165) is 17.3 Å². The topological polar surface area (TPSA) is 56.2 Å². The summed E-state index contributed by atoms with van der Waals surface area (Å²) in [6, 6.07) is 7.03. The van der Waals surface area contributed by atoms with E-state index in [2.05, 4.69) is 33.3 Å². The minimum atomic E-state index is -0.172. The predicted molar refractivity (Wildman–Crippen MR) is 89.2 cm³/mol. The number of hydrogen-bond acceptors (Lipinski definition) is 3. The highest BCUT2D eigenvalue weighted by atomic mass is 79.9. The number of carbonyl (C=O) groups is 1. The van der Waals surface area contributed by atoms with Crippen LogP contribution in [0.2, 0.25) is 5.02 Å². The summed E-state index contributed by atoms with van der Waals surface area (Å²) in [4.78, 5) is 11.8. The minimum absolute atomic E-state index is 0.172. The third-order valence-corrected chi connectivity index (χ3v) is 3.72. The number of nitrogens with zero attached hydrogens (tertiary/aromatic N) is 2. The van der Waals surface area contributed by atoms with E-state index in [1.807, 2.05) is 6.07 Å². The molecule has 0 saturated heterocycles. The number of carbonyl (C=O) groups excluding carboxylic acids is 1. The van der Waals surface area contributed by atoms with Gasteiger partial charge in [-0.15, -0.1) is 0 Å². The summed E-state index contributed by atoms with van der Waals surface area (Å²) in [5, 5.41) is 7.51. The van der Waals surface area contributed by atoms with Crippen molar-refractivity contribution in [2.45, 2.75) is 26.5 Å². The minimum Gasteiger partial charge on any atom is -0.470 e. The Balaban J connectivity index is 1.90. The average molecular weight is 387 g/mol. The Morgan fingerprint density at radius 2 is 2.27 bits per heavy atom. The Kier molecular flexibility index (Phi) is 6.27. The van der Waals surface area contributed by atoms with Crippen LogP contribution in [0.3, 0.4) is 0 Å². The molecule has 22 heavy (non-hydrogen) atoms. The van der Waals surface area contributed by atoms with E-state index >= 15 is 0 Å². The zero-order valence-electron chi connectivity index (χ0n) is 12.2. The average Bonchev–Trinajstić information content (AvgIpc) is 2.95. The van der Waals surface area contributed by atoms with Crippen LogP contribution in [0.1, 0.15) is 30.3 Å². The molecule has 0 aliphatic carbocycles. The fourth-order valence-corrected chi connectivity index (χ4v) is 2.48. The van der Waals surface area contributed by atoms with Gasteiger partial charge in [-0.3, -0.25) is 4.79 Å². The van der Waals surface area contributed by atoms with Crippen LogP contribution in [0.15, 0.2) is 34.9 Å². The summed E-state index contributed by atoms with van der Waals surface area (Å²) in [7, 11) is 0. The van der Waals surface area contributed by atoms with Gasteiger partial charge in [0, 0.05) is 17.2 Å². The first-order valence-corrected chi connectivity index (χ1v) is 8.16. The number of unbranched alkanes of at least 4 members (excludes halogenated alkanes) is 1. The maximum Gasteiger partial charge on any atom is 0.271 e. The van der Waals surface area contributed by atoms with E-state index in [4.69, 9.17) is 16.3 Å². The highest BCUT2D eigenvalue weighted by Crippen LogP contribution is 2.27. The summed E-state index contributed by atoms with van der Waals surface area (Å²) in [6.07, 6.45) is 3.69. The van der Waals surface area contributed by atoms with Crippen LogP contribution in [0, 0.1) is 0 Å². The molecular weight excluding hydrogens is 370 g/mol. The maximum absolute atomic E-state index is 11.8. The molecule has 0 fully saturated rings. The molecule has 1 aromatic heterocycles. The molecule has 1 aromatic carbocycles. The normalized spacial score (nSPS) is 10.5. The predicted octanol–water partition coefficient (Wildman–Crippen LogP) is 3.87. The first kappa shape index (κ1) is 16.8. The number of hydrogen-bond donors (Lipinski definition) is 1. The van der Waals surface area contributed by atoms with Gasteiger partial charge in [0.25, 0.3) is 5.91 Å². The number of nitrogens with one attached hydrogen (secondary N) is 1. The van der Waals surface area contributed by atoms with Crippen LogP contribution < -0.4 is 10.1 Å². The molecule has 1 amide bonds. The van der Waals surface area contributed by atoms with Crippen molar-refractivity contribution in [2.24, 2.45) is 0 Å². The number of halogens is 2. The van der Waals surface area contributed by atoms with Gasteiger partial charge in [-0.25, -0.2) is 4.68 Å². The van der Waals surface area contributed by atoms with Crippen molar-refractivity contribution in [1.82, 2.24) is 15.1 Å². The van der Waals surface area contributed by atoms with Crippen LogP contribution in [-0.2, 0) is 6.73 Å². The summed E-state index contributed by atoms with van der Waals surface area (Å²) >= 11 is 9.41. The molecule has 5 nitrogen and oxygen atoms in total. The highest BCUT2D eigenvalue weighted by molar-refractivity contribution is 9.10. The molecular formula is C15H17BrClN3O2. The van der Waals surface area contributed by atoms with Gasteiger partial charge in [-0.1, -0.05) is 40.9 Å². The lowest BCUT2D eigenvalue weighted by molar-refractivity contribution is 0.0946. The molecule has 1 N–H and O–H groups in total. The fourth-order valence-electron chi connectivity index (χ4n) is 1.75. The van der Waals surface area contributed by atoms with Gasteiger partial charge in [-0.05, 0) is 30.7 Å². The molecule has 118 valence electrons. The van der Waals surface area contributed by atoms with E-state index < -0.39 is 0 Å². The quantitative estimate of drug-likeness (QED) is 0.735. The molecule has 0 aliphatic heterocycles. The van der Waals surface area contributed by atoms with Crippen LogP contribution in [0.25, 0.3) is 0 Å². The standard InChI is InChI=1S/C15H17BrClN3O2/c1-2-3-7-18-15(21)13-6-8-20(19-13)10-22-14-5-4-11(16)9-12(14)17/h4-6,8-9H,2-3,7,10H2,1H3,(H,18,21). The second-order valence-electron chi connectivity index (χ2n) is 4.70. The molecule has 0 atom stereocenters. The van der Waals surface area contributed by atoms with Gasteiger partial charge < -0.3 is 10.1 Å². The third kappa shape index (κ3) is 4.74. The zero-order chi connectivity index (χ0) is 15.9. The van der Waals surface area contributed by atoms with Gasteiger partial charge in [0.1, 0.15) is 11.4 Å². The smallest absolute Gasteiger partial charge is 0.271 e. The Morgan fingerprint density at radius 1 is 1.45 bits per heavy atom. The second kappa shape index (κ2) is 8.19. The number of amides is 1. The molecule has 0 unspecified atom stereocenters. The molecule has 0 bridgehead atoms. The molecule has 0 spiro atoms. The Labute approximate surface area is 142 Å². The SMILES string of the molecule is CCCCNC(=O)c1ccn(COc2ccc(Br)cc2Cl)n1. The van der Waals surface area contributed by atoms with Crippen LogP contribution >= 0.6 is 27.5 Å². The van der Waals surface area contributed by atoms with Crippen molar-refractivity contribution in [3.8, 4) is 5.75 Å². The van der Waals surface area contributed by atoms with E-state index in [1.165, 1.54) is 0 Å². The lowest BCUT2D eigenvalue weighted by atomic mass is 10.3. The van der Waals surface area contributed by atoms with E-state index in [0.29, 0.717) is 23.0 Å².